The van der Waals surface area contributed by atoms with E-state index in [1.807, 2.05) is 17.0 Å². The van der Waals surface area contributed by atoms with Gasteiger partial charge in [-0.3, -0.25) is 0 Å². The Hall–Kier alpha value is -1.25. The molecular weight excluding hydrogens is 181 g/mol. The van der Waals surface area contributed by atoms with Crippen LogP contribution in [0.1, 0.15) is 13.3 Å². The molecule has 76 valence electrons. The van der Waals surface area contributed by atoms with Crippen LogP contribution < -0.4 is 4.90 Å². The smallest absolute Gasteiger partial charge is 0.127 e. The molecule has 0 spiro atoms. The lowest BCUT2D eigenvalue weighted by molar-refractivity contribution is 0.221. The van der Waals surface area contributed by atoms with Crippen molar-refractivity contribution < 1.29 is 9.50 Å². The van der Waals surface area contributed by atoms with Crippen LogP contribution in [-0.4, -0.2) is 23.9 Å². The molecule has 0 aliphatic carbocycles. The molecule has 1 aromatic carbocycles. The van der Waals surface area contributed by atoms with Gasteiger partial charge in [0, 0.05) is 18.7 Å². The number of rotatable bonds is 1. The molecule has 2 nitrogen and oxygen atoms in total. The fraction of sp³-hybridized carbons (Fsp3) is 0.455. The molecule has 0 amide bonds. The van der Waals surface area contributed by atoms with Crippen LogP contribution in [-0.2, 0) is 0 Å². The number of nitrogens with zero attached hydrogens (tertiary/aromatic N) is 1. The van der Waals surface area contributed by atoms with Gasteiger partial charge in [-0.25, -0.2) is 4.39 Å². The van der Waals surface area contributed by atoms with Crippen LogP contribution in [0.3, 0.4) is 0 Å². The Kier molecular flexibility index (Phi) is 2.10. The number of hydrogen-bond acceptors (Lipinski definition) is 2. The molecule has 2 rings (SSSR count). The zero-order valence-corrected chi connectivity index (χ0v) is 8.20. The van der Waals surface area contributed by atoms with Crippen LogP contribution >= 0.6 is 0 Å². The number of alkyl halides is 1. The van der Waals surface area contributed by atoms with Crippen LogP contribution in [0.25, 0.3) is 0 Å². The topological polar surface area (TPSA) is 23.5 Å². The number of hydrogen-bond donors (Lipinski definition) is 1. The quantitative estimate of drug-likeness (QED) is 0.743. The van der Waals surface area contributed by atoms with Crippen molar-refractivity contribution in [1.29, 1.82) is 0 Å². The van der Waals surface area contributed by atoms with E-state index in [1.165, 1.54) is 0 Å². The normalized spacial score (nSPS) is 26.9. The number of aromatic hydroxyl groups is 1. The highest BCUT2D eigenvalue weighted by Crippen LogP contribution is 2.29. The van der Waals surface area contributed by atoms with Gasteiger partial charge >= 0.3 is 0 Å². The van der Waals surface area contributed by atoms with Crippen LogP contribution in [0.4, 0.5) is 10.1 Å². The fourth-order valence-corrected chi connectivity index (χ4v) is 1.81. The monoisotopic (exact) mass is 195 g/mol. The zero-order valence-electron chi connectivity index (χ0n) is 8.20. The van der Waals surface area contributed by atoms with E-state index in [0.717, 1.165) is 12.2 Å². The van der Waals surface area contributed by atoms with Crippen LogP contribution in [0.15, 0.2) is 24.3 Å². The van der Waals surface area contributed by atoms with Gasteiger partial charge in [0.05, 0.1) is 6.54 Å². The van der Waals surface area contributed by atoms with Gasteiger partial charge in [-0.2, -0.15) is 0 Å². The molecule has 14 heavy (non-hydrogen) atoms. The minimum absolute atomic E-state index is 0.246. The molecule has 1 atom stereocenters. The number of anilines is 1. The largest absolute Gasteiger partial charge is 0.508 e. The van der Waals surface area contributed by atoms with Gasteiger partial charge in [-0.15, -0.1) is 0 Å². The molecule has 0 aromatic heterocycles. The highest BCUT2D eigenvalue weighted by atomic mass is 19.1. The first-order valence-corrected chi connectivity index (χ1v) is 4.80. The van der Waals surface area contributed by atoms with Crippen molar-refractivity contribution in [3.63, 3.8) is 0 Å². The summed E-state index contributed by atoms with van der Waals surface area (Å²) in [6.45, 7) is 2.82. The second kappa shape index (κ2) is 3.15. The lowest BCUT2D eigenvalue weighted by Gasteiger charge is -2.19. The molecular formula is C11H14FNO. The van der Waals surface area contributed by atoms with E-state index in [9.17, 15) is 4.39 Å². The van der Waals surface area contributed by atoms with E-state index in [0.29, 0.717) is 13.0 Å². The van der Waals surface area contributed by atoms with E-state index < -0.39 is 5.67 Å². The Morgan fingerprint density at radius 3 is 2.50 bits per heavy atom. The van der Waals surface area contributed by atoms with Crippen molar-refractivity contribution in [2.75, 3.05) is 18.0 Å². The summed E-state index contributed by atoms with van der Waals surface area (Å²) in [5.41, 5.74) is -0.0955. The molecule has 3 heteroatoms. The van der Waals surface area contributed by atoms with Crippen molar-refractivity contribution >= 4 is 5.69 Å². The summed E-state index contributed by atoms with van der Waals surface area (Å²) >= 11 is 0. The van der Waals surface area contributed by atoms with E-state index >= 15 is 0 Å². The summed E-state index contributed by atoms with van der Waals surface area (Å²) in [6.07, 6.45) is 0.577. The maximum Gasteiger partial charge on any atom is 0.127 e. The number of phenols is 1. The van der Waals surface area contributed by atoms with Crippen LogP contribution in [0.5, 0.6) is 5.75 Å². The molecule has 1 heterocycles. The molecule has 1 aromatic rings. The average molecular weight is 195 g/mol. The first-order chi connectivity index (χ1) is 6.57. The van der Waals surface area contributed by atoms with Crippen molar-refractivity contribution in [3.8, 4) is 5.75 Å². The minimum Gasteiger partial charge on any atom is -0.508 e. The molecule has 1 N–H and O–H groups in total. The third-order valence-electron chi connectivity index (χ3n) is 2.64. The highest BCUT2D eigenvalue weighted by molar-refractivity contribution is 5.50. The summed E-state index contributed by atoms with van der Waals surface area (Å²) in [5.74, 6) is 0.246. The van der Waals surface area contributed by atoms with Crippen molar-refractivity contribution in [1.82, 2.24) is 0 Å². The number of benzene rings is 1. The summed E-state index contributed by atoms with van der Waals surface area (Å²) in [5, 5.41) is 9.11. The lowest BCUT2D eigenvalue weighted by Crippen LogP contribution is -2.25. The fourth-order valence-electron chi connectivity index (χ4n) is 1.81. The van der Waals surface area contributed by atoms with Crippen molar-refractivity contribution in [2.45, 2.75) is 19.0 Å². The Morgan fingerprint density at radius 2 is 2.00 bits per heavy atom. The number of halogens is 1. The predicted molar refractivity (Wildman–Crippen MR) is 54.4 cm³/mol. The summed E-state index contributed by atoms with van der Waals surface area (Å²) < 4.78 is 13.5. The van der Waals surface area contributed by atoms with Gasteiger partial charge in [0.15, 0.2) is 0 Å². The lowest BCUT2D eigenvalue weighted by atomic mass is 10.1. The molecule has 1 fully saturated rings. The van der Waals surface area contributed by atoms with Crippen LogP contribution in [0, 0.1) is 0 Å². The molecule has 1 aliphatic heterocycles. The van der Waals surface area contributed by atoms with Gasteiger partial charge in [-0.1, -0.05) is 0 Å². The minimum atomic E-state index is -1.07. The third kappa shape index (κ3) is 1.81. The molecule has 0 radical (unpaired) electrons. The van der Waals surface area contributed by atoms with E-state index in [-0.39, 0.29) is 5.75 Å². The van der Waals surface area contributed by atoms with E-state index in [4.69, 9.17) is 5.11 Å². The number of phenolic OH excluding ortho intramolecular Hbond substituents is 1. The SMILES string of the molecule is CC1(F)CCN(c2ccc(O)cc2)C1. The molecule has 1 saturated heterocycles. The van der Waals surface area contributed by atoms with Gasteiger partial charge < -0.3 is 10.0 Å². The first kappa shape index (κ1) is 9.31. The summed E-state index contributed by atoms with van der Waals surface area (Å²) in [4.78, 5) is 2.00. The maximum absolute atomic E-state index is 13.5. The zero-order chi connectivity index (χ0) is 10.2. The van der Waals surface area contributed by atoms with Gasteiger partial charge in [0.2, 0.25) is 0 Å². The summed E-state index contributed by atoms with van der Waals surface area (Å²) in [6, 6.07) is 6.89. The second-order valence-electron chi connectivity index (χ2n) is 4.10. The van der Waals surface area contributed by atoms with Crippen LogP contribution in [0.2, 0.25) is 0 Å². The standard InChI is InChI=1S/C11H14FNO/c1-11(12)6-7-13(8-11)9-2-4-10(14)5-3-9/h2-5,14H,6-8H2,1H3. The van der Waals surface area contributed by atoms with E-state index in [2.05, 4.69) is 0 Å². The van der Waals surface area contributed by atoms with Gasteiger partial charge in [-0.05, 0) is 31.2 Å². The van der Waals surface area contributed by atoms with Gasteiger partial charge in [0.1, 0.15) is 11.4 Å². The van der Waals surface area contributed by atoms with Crippen molar-refractivity contribution in [2.24, 2.45) is 0 Å². The first-order valence-electron chi connectivity index (χ1n) is 4.80. The highest BCUT2D eigenvalue weighted by Gasteiger charge is 2.33. The van der Waals surface area contributed by atoms with E-state index in [1.54, 1.807) is 19.1 Å². The molecule has 1 aliphatic rings. The maximum atomic E-state index is 13.5. The molecule has 0 bridgehead atoms. The second-order valence-corrected chi connectivity index (χ2v) is 4.10. The Morgan fingerprint density at radius 1 is 1.36 bits per heavy atom. The van der Waals surface area contributed by atoms with Crippen molar-refractivity contribution in [3.05, 3.63) is 24.3 Å². The predicted octanol–water partition coefficient (Wildman–Crippen LogP) is 2.33. The third-order valence-corrected chi connectivity index (χ3v) is 2.64. The Labute approximate surface area is 83.0 Å². The summed E-state index contributed by atoms with van der Waals surface area (Å²) in [7, 11) is 0. The molecule has 0 saturated carbocycles. The Bertz CT molecular complexity index is 321. The van der Waals surface area contributed by atoms with Gasteiger partial charge in [0.25, 0.3) is 0 Å². The average Bonchev–Trinajstić information content (AvgIpc) is 2.47. The molecule has 1 unspecified atom stereocenters. The Balaban J connectivity index is 2.14.